The summed E-state index contributed by atoms with van der Waals surface area (Å²) in [7, 11) is 0. The van der Waals surface area contributed by atoms with Gasteiger partial charge in [-0.2, -0.15) is 0 Å². The first-order chi connectivity index (χ1) is 9.33. The van der Waals surface area contributed by atoms with Gasteiger partial charge < -0.3 is 10.6 Å². The van der Waals surface area contributed by atoms with Crippen LogP contribution in [0.25, 0.3) is 0 Å². The maximum absolute atomic E-state index is 4.38. The van der Waals surface area contributed by atoms with E-state index in [1.54, 1.807) is 0 Å². The van der Waals surface area contributed by atoms with E-state index in [2.05, 4.69) is 27.8 Å². The minimum Gasteiger partial charge on any atom is -0.381 e. The zero-order chi connectivity index (χ0) is 13.1. The van der Waals surface area contributed by atoms with Gasteiger partial charge >= 0.3 is 0 Å². The van der Waals surface area contributed by atoms with Gasteiger partial charge in [-0.1, -0.05) is 12.8 Å². The maximum Gasteiger partial charge on any atom is 0.0529 e. The summed E-state index contributed by atoms with van der Waals surface area (Å²) in [5, 5.41) is 7.44. The standard InChI is InChI=1S/C16H25N3/c1-12-8-9-13(11-18-12)19-16-7-4-5-14(16)15-6-2-3-10-17-15/h8-9,11,14-17,19H,2-7,10H2,1H3. The molecule has 0 aromatic carbocycles. The van der Waals surface area contributed by atoms with Gasteiger partial charge in [-0.25, -0.2) is 0 Å². The lowest BCUT2D eigenvalue weighted by Gasteiger charge is -2.33. The molecule has 3 nitrogen and oxygen atoms in total. The number of anilines is 1. The number of hydrogen-bond donors (Lipinski definition) is 2. The van der Waals surface area contributed by atoms with Crippen LogP contribution in [0.1, 0.15) is 44.2 Å². The van der Waals surface area contributed by atoms with Gasteiger partial charge in [0.1, 0.15) is 0 Å². The smallest absolute Gasteiger partial charge is 0.0529 e. The lowest BCUT2D eigenvalue weighted by molar-refractivity contribution is 0.286. The molecule has 0 amide bonds. The first-order valence-electron chi connectivity index (χ1n) is 7.75. The van der Waals surface area contributed by atoms with Crippen LogP contribution in [0.15, 0.2) is 18.3 Å². The van der Waals surface area contributed by atoms with Crippen LogP contribution in [-0.2, 0) is 0 Å². The highest BCUT2D eigenvalue weighted by molar-refractivity contribution is 5.42. The highest BCUT2D eigenvalue weighted by atomic mass is 15.0. The molecule has 2 aliphatic rings. The van der Waals surface area contributed by atoms with Crippen molar-refractivity contribution < 1.29 is 0 Å². The average molecular weight is 259 g/mol. The fraction of sp³-hybridized carbons (Fsp3) is 0.688. The van der Waals surface area contributed by atoms with E-state index in [-0.39, 0.29) is 0 Å². The quantitative estimate of drug-likeness (QED) is 0.875. The minimum absolute atomic E-state index is 0.625. The normalized spacial score (nSPS) is 31.3. The zero-order valence-electron chi connectivity index (χ0n) is 11.9. The van der Waals surface area contributed by atoms with Crippen molar-refractivity contribution in [3.05, 3.63) is 24.0 Å². The molecular weight excluding hydrogens is 234 g/mol. The Kier molecular flexibility index (Phi) is 4.02. The number of rotatable bonds is 3. The number of aromatic nitrogens is 1. The molecule has 0 bridgehead atoms. The Morgan fingerprint density at radius 3 is 2.84 bits per heavy atom. The molecule has 104 valence electrons. The monoisotopic (exact) mass is 259 g/mol. The van der Waals surface area contributed by atoms with Gasteiger partial charge in [0, 0.05) is 17.8 Å². The number of hydrogen-bond acceptors (Lipinski definition) is 3. The van der Waals surface area contributed by atoms with Gasteiger partial charge in [0.25, 0.3) is 0 Å². The Morgan fingerprint density at radius 1 is 1.16 bits per heavy atom. The van der Waals surface area contributed by atoms with Crippen LogP contribution in [-0.4, -0.2) is 23.6 Å². The third kappa shape index (κ3) is 3.08. The van der Waals surface area contributed by atoms with Crippen molar-refractivity contribution in [2.75, 3.05) is 11.9 Å². The maximum atomic E-state index is 4.38. The van der Waals surface area contributed by atoms with Gasteiger partial charge in [0.2, 0.25) is 0 Å². The van der Waals surface area contributed by atoms with Crippen LogP contribution in [0.2, 0.25) is 0 Å². The van der Waals surface area contributed by atoms with Gasteiger partial charge in [-0.3, -0.25) is 4.98 Å². The number of nitrogens with zero attached hydrogens (tertiary/aromatic N) is 1. The molecule has 0 radical (unpaired) electrons. The summed E-state index contributed by atoms with van der Waals surface area (Å²) in [6.45, 7) is 3.24. The van der Waals surface area contributed by atoms with Gasteiger partial charge in [0.05, 0.1) is 11.9 Å². The van der Waals surface area contributed by atoms with Crippen LogP contribution >= 0.6 is 0 Å². The lowest BCUT2D eigenvalue weighted by Crippen LogP contribution is -2.44. The van der Waals surface area contributed by atoms with Crippen molar-refractivity contribution in [2.45, 2.75) is 57.5 Å². The minimum atomic E-state index is 0.625. The predicted octanol–water partition coefficient (Wildman–Crippen LogP) is 3.11. The zero-order valence-corrected chi connectivity index (χ0v) is 11.9. The van der Waals surface area contributed by atoms with Gasteiger partial charge in [-0.15, -0.1) is 0 Å². The van der Waals surface area contributed by atoms with E-state index < -0.39 is 0 Å². The molecule has 1 aromatic heterocycles. The summed E-state index contributed by atoms with van der Waals surface area (Å²) in [6.07, 6.45) is 10.1. The molecular formula is C16H25N3. The Balaban J connectivity index is 1.64. The average Bonchev–Trinajstić information content (AvgIpc) is 2.90. The molecule has 3 unspecified atom stereocenters. The van der Waals surface area contributed by atoms with E-state index >= 15 is 0 Å². The predicted molar refractivity (Wildman–Crippen MR) is 79.4 cm³/mol. The SMILES string of the molecule is Cc1ccc(NC2CCCC2C2CCCCN2)cn1. The van der Waals surface area contributed by atoms with Crippen molar-refractivity contribution in [3.8, 4) is 0 Å². The van der Waals surface area contributed by atoms with Crippen LogP contribution in [0.4, 0.5) is 5.69 Å². The number of nitrogens with one attached hydrogen (secondary N) is 2. The largest absolute Gasteiger partial charge is 0.381 e. The molecule has 3 heteroatoms. The molecule has 2 heterocycles. The van der Waals surface area contributed by atoms with E-state index in [1.807, 2.05) is 13.1 Å². The second-order valence-electron chi connectivity index (χ2n) is 6.09. The van der Waals surface area contributed by atoms with Crippen molar-refractivity contribution in [3.63, 3.8) is 0 Å². The van der Waals surface area contributed by atoms with Crippen LogP contribution in [0.3, 0.4) is 0 Å². The van der Waals surface area contributed by atoms with Crippen LogP contribution in [0.5, 0.6) is 0 Å². The van der Waals surface area contributed by atoms with Gasteiger partial charge in [-0.05, 0) is 57.2 Å². The highest BCUT2D eigenvalue weighted by Crippen LogP contribution is 2.33. The molecule has 2 fully saturated rings. The molecule has 1 saturated carbocycles. The third-order valence-corrected chi connectivity index (χ3v) is 4.70. The highest BCUT2D eigenvalue weighted by Gasteiger charge is 2.34. The van der Waals surface area contributed by atoms with Crippen molar-refractivity contribution in [1.82, 2.24) is 10.3 Å². The molecule has 1 aliphatic heterocycles. The first-order valence-corrected chi connectivity index (χ1v) is 7.75. The molecule has 1 aromatic rings. The summed E-state index contributed by atoms with van der Waals surface area (Å²) in [4.78, 5) is 4.38. The number of piperidine rings is 1. The van der Waals surface area contributed by atoms with Crippen LogP contribution in [0, 0.1) is 12.8 Å². The van der Waals surface area contributed by atoms with E-state index in [4.69, 9.17) is 0 Å². The molecule has 19 heavy (non-hydrogen) atoms. The fourth-order valence-corrected chi connectivity index (χ4v) is 3.66. The Labute approximate surface area is 116 Å². The Hall–Kier alpha value is -1.09. The van der Waals surface area contributed by atoms with E-state index in [9.17, 15) is 0 Å². The third-order valence-electron chi connectivity index (χ3n) is 4.70. The first kappa shape index (κ1) is 12.9. The molecule has 1 aliphatic carbocycles. The second-order valence-corrected chi connectivity index (χ2v) is 6.09. The van der Waals surface area contributed by atoms with Crippen molar-refractivity contribution in [2.24, 2.45) is 5.92 Å². The second kappa shape index (κ2) is 5.91. The molecule has 0 spiro atoms. The summed E-state index contributed by atoms with van der Waals surface area (Å²) < 4.78 is 0. The lowest BCUT2D eigenvalue weighted by atomic mass is 9.88. The summed E-state index contributed by atoms with van der Waals surface area (Å²) >= 11 is 0. The van der Waals surface area contributed by atoms with Gasteiger partial charge in [0.15, 0.2) is 0 Å². The Morgan fingerprint density at radius 2 is 2.11 bits per heavy atom. The fourth-order valence-electron chi connectivity index (χ4n) is 3.66. The topological polar surface area (TPSA) is 37.0 Å². The van der Waals surface area contributed by atoms with Crippen LogP contribution < -0.4 is 10.6 Å². The summed E-state index contributed by atoms with van der Waals surface area (Å²) in [5.74, 6) is 0.793. The summed E-state index contributed by atoms with van der Waals surface area (Å²) in [5.41, 5.74) is 2.26. The van der Waals surface area contributed by atoms with E-state index in [1.165, 1.54) is 50.8 Å². The Bertz CT molecular complexity index is 395. The number of aryl methyl sites for hydroxylation is 1. The molecule has 3 atom stereocenters. The summed E-state index contributed by atoms with van der Waals surface area (Å²) in [6, 6.07) is 5.60. The van der Waals surface area contributed by atoms with Crippen molar-refractivity contribution >= 4 is 5.69 Å². The van der Waals surface area contributed by atoms with E-state index in [0.29, 0.717) is 6.04 Å². The molecule has 2 N–H and O–H groups in total. The van der Waals surface area contributed by atoms with Crippen molar-refractivity contribution in [1.29, 1.82) is 0 Å². The van der Waals surface area contributed by atoms with E-state index in [0.717, 1.165) is 17.7 Å². The number of pyridine rings is 1. The molecule has 1 saturated heterocycles. The molecule has 3 rings (SSSR count).